The van der Waals surface area contributed by atoms with E-state index in [9.17, 15) is 9.59 Å². The summed E-state index contributed by atoms with van der Waals surface area (Å²) < 4.78 is 7.72. The van der Waals surface area contributed by atoms with Gasteiger partial charge in [-0.3, -0.25) is 14.6 Å². The number of nitrogens with one attached hydrogen (secondary N) is 2. The van der Waals surface area contributed by atoms with Gasteiger partial charge in [0.25, 0.3) is 5.91 Å². The van der Waals surface area contributed by atoms with E-state index in [1.165, 1.54) is 11.8 Å². The molecule has 0 spiro atoms. The number of carbonyl (C=O) groups is 2. The lowest BCUT2D eigenvalue weighted by atomic mass is 9.89. The summed E-state index contributed by atoms with van der Waals surface area (Å²) in [5.74, 6) is 1.53. The molecule has 31 heavy (non-hydrogen) atoms. The molecular weight excluding hydrogens is 392 g/mol. The minimum Gasteiger partial charge on any atom is -0.457 e. The second kappa shape index (κ2) is 9.04. The van der Waals surface area contributed by atoms with Gasteiger partial charge in [-0.2, -0.15) is 0 Å². The molecule has 0 saturated carbocycles. The third-order valence-electron chi connectivity index (χ3n) is 4.85. The van der Waals surface area contributed by atoms with Crippen LogP contribution in [0.25, 0.3) is 0 Å². The molecule has 0 saturated heterocycles. The van der Waals surface area contributed by atoms with E-state index in [1.54, 1.807) is 31.3 Å². The van der Waals surface area contributed by atoms with E-state index in [1.807, 2.05) is 36.0 Å². The van der Waals surface area contributed by atoms with Gasteiger partial charge in [-0.05, 0) is 40.8 Å². The fraction of sp³-hybridized carbons (Fsp3) is 0.292. The van der Waals surface area contributed by atoms with Crippen molar-refractivity contribution < 1.29 is 14.3 Å². The Kier molecular flexibility index (Phi) is 6.44. The lowest BCUT2D eigenvalue weighted by Gasteiger charge is -2.15. The lowest BCUT2D eigenvalue weighted by molar-refractivity contribution is -0.115. The Morgan fingerprint density at radius 2 is 1.77 bits per heavy atom. The number of hydrogen-bond acceptors (Lipinski definition) is 4. The summed E-state index contributed by atoms with van der Waals surface area (Å²) in [6.45, 7) is 6.43. The normalized spacial score (nSPS) is 11.1. The quantitative estimate of drug-likeness (QED) is 0.630. The highest BCUT2D eigenvalue weighted by molar-refractivity contribution is 5.92. The van der Waals surface area contributed by atoms with Crippen LogP contribution in [0.4, 0.5) is 5.82 Å². The van der Waals surface area contributed by atoms with Crippen LogP contribution in [0.2, 0.25) is 0 Å². The number of ether oxygens (including phenoxy) is 1. The van der Waals surface area contributed by atoms with E-state index in [0.29, 0.717) is 11.5 Å². The van der Waals surface area contributed by atoms with Crippen LogP contribution in [0.1, 0.15) is 42.4 Å². The maximum Gasteiger partial charge on any atom is 0.269 e. The smallest absolute Gasteiger partial charge is 0.269 e. The van der Waals surface area contributed by atoms with Gasteiger partial charge in [-0.25, -0.2) is 0 Å². The number of amides is 2. The van der Waals surface area contributed by atoms with Gasteiger partial charge in [0.15, 0.2) is 0 Å². The Morgan fingerprint density at radius 3 is 2.39 bits per heavy atom. The summed E-state index contributed by atoms with van der Waals surface area (Å²) in [4.78, 5) is 28.2. The van der Waals surface area contributed by atoms with Crippen LogP contribution in [0, 0.1) is 0 Å². The van der Waals surface area contributed by atoms with Crippen LogP contribution in [-0.2, 0) is 23.7 Å². The molecule has 2 N–H and O–H groups in total. The molecule has 0 aliphatic heterocycles. The molecule has 0 fully saturated rings. The number of benzene rings is 1. The second-order valence-corrected chi connectivity index (χ2v) is 8.40. The van der Waals surface area contributed by atoms with Gasteiger partial charge in [0, 0.05) is 32.6 Å². The minimum absolute atomic E-state index is 0.0203. The molecule has 2 heterocycles. The van der Waals surface area contributed by atoms with Gasteiger partial charge < -0.3 is 19.9 Å². The molecule has 3 rings (SSSR count). The van der Waals surface area contributed by atoms with Crippen molar-refractivity contribution in [1.82, 2.24) is 14.9 Å². The van der Waals surface area contributed by atoms with Crippen LogP contribution in [0.15, 0.2) is 54.9 Å². The fourth-order valence-corrected chi connectivity index (χ4v) is 3.01. The zero-order chi connectivity index (χ0) is 22.6. The number of aromatic nitrogens is 2. The number of anilines is 1. The lowest BCUT2D eigenvalue weighted by Crippen LogP contribution is -2.18. The van der Waals surface area contributed by atoms with Crippen molar-refractivity contribution in [3.05, 3.63) is 71.7 Å². The van der Waals surface area contributed by atoms with Gasteiger partial charge in [0.1, 0.15) is 23.0 Å². The summed E-state index contributed by atoms with van der Waals surface area (Å²) >= 11 is 0. The average molecular weight is 421 g/mol. The van der Waals surface area contributed by atoms with Crippen molar-refractivity contribution in [3.8, 4) is 11.5 Å². The number of aryl methyl sites for hydroxylation is 1. The highest BCUT2D eigenvalue weighted by atomic mass is 16.5. The van der Waals surface area contributed by atoms with E-state index in [-0.39, 0.29) is 29.3 Å². The van der Waals surface area contributed by atoms with Crippen molar-refractivity contribution in [2.75, 3.05) is 12.4 Å². The van der Waals surface area contributed by atoms with Gasteiger partial charge >= 0.3 is 0 Å². The standard InChI is InChI=1S/C24H28N4O3/c1-24(2,3)17-13-21(28(5)15-17)27-22(29)12-16-6-8-18(9-7-16)31-19-10-11-26-20(14-19)23(30)25-4/h6-11,13-15H,12H2,1-5H3,(H,25,30)(H,27,29). The van der Waals surface area contributed by atoms with Crippen LogP contribution < -0.4 is 15.4 Å². The zero-order valence-electron chi connectivity index (χ0n) is 18.5. The molecule has 3 aromatic rings. The minimum atomic E-state index is -0.278. The first-order chi connectivity index (χ1) is 14.7. The molecule has 0 aliphatic rings. The monoisotopic (exact) mass is 420 g/mol. The van der Waals surface area contributed by atoms with E-state index >= 15 is 0 Å². The largest absolute Gasteiger partial charge is 0.457 e. The average Bonchev–Trinajstić information content (AvgIpc) is 3.10. The first-order valence-electron chi connectivity index (χ1n) is 10.1. The molecule has 0 radical (unpaired) electrons. The van der Waals surface area contributed by atoms with Crippen molar-refractivity contribution in [1.29, 1.82) is 0 Å². The summed E-state index contributed by atoms with van der Waals surface area (Å²) in [5.41, 5.74) is 2.34. The number of carbonyl (C=O) groups excluding carboxylic acids is 2. The van der Waals surface area contributed by atoms with Crippen molar-refractivity contribution in [2.45, 2.75) is 32.6 Å². The van der Waals surface area contributed by atoms with Gasteiger partial charge in [-0.1, -0.05) is 32.9 Å². The molecular formula is C24H28N4O3. The predicted molar refractivity (Wildman–Crippen MR) is 121 cm³/mol. The van der Waals surface area contributed by atoms with Crippen LogP contribution in [0.3, 0.4) is 0 Å². The Labute approximate surface area is 182 Å². The molecule has 2 amide bonds. The third-order valence-corrected chi connectivity index (χ3v) is 4.85. The van der Waals surface area contributed by atoms with E-state index in [2.05, 4.69) is 36.4 Å². The Morgan fingerprint density at radius 1 is 1.06 bits per heavy atom. The van der Waals surface area contributed by atoms with Crippen LogP contribution >= 0.6 is 0 Å². The summed E-state index contributed by atoms with van der Waals surface area (Å²) in [6.07, 6.45) is 3.82. The number of rotatable bonds is 6. The molecule has 162 valence electrons. The molecule has 0 unspecified atom stereocenters. The van der Waals surface area contributed by atoms with Crippen molar-refractivity contribution in [3.63, 3.8) is 0 Å². The second-order valence-electron chi connectivity index (χ2n) is 8.40. The molecule has 0 atom stereocenters. The highest BCUT2D eigenvalue weighted by Gasteiger charge is 2.17. The maximum atomic E-state index is 12.5. The topological polar surface area (TPSA) is 85.2 Å². The van der Waals surface area contributed by atoms with Crippen LogP contribution in [-0.4, -0.2) is 28.4 Å². The van der Waals surface area contributed by atoms with E-state index in [0.717, 1.165) is 11.4 Å². The number of pyridine rings is 1. The molecule has 2 aromatic heterocycles. The first-order valence-corrected chi connectivity index (χ1v) is 10.1. The Bertz CT molecular complexity index is 1080. The maximum absolute atomic E-state index is 12.5. The highest BCUT2D eigenvalue weighted by Crippen LogP contribution is 2.26. The molecule has 0 bridgehead atoms. The zero-order valence-corrected chi connectivity index (χ0v) is 18.5. The SMILES string of the molecule is CNC(=O)c1cc(Oc2ccc(CC(=O)Nc3cc(C(C)(C)C)cn3C)cc2)ccn1. The summed E-state index contributed by atoms with van der Waals surface area (Å²) in [6, 6.07) is 12.6. The van der Waals surface area contributed by atoms with E-state index in [4.69, 9.17) is 4.74 Å². The summed E-state index contributed by atoms with van der Waals surface area (Å²) in [7, 11) is 3.47. The van der Waals surface area contributed by atoms with Gasteiger partial charge in [0.05, 0.1) is 6.42 Å². The number of hydrogen-bond donors (Lipinski definition) is 2. The predicted octanol–water partition coefficient (Wildman–Crippen LogP) is 4.05. The Hall–Kier alpha value is -3.61. The first kappa shape index (κ1) is 22.1. The molecule has 1 aromatic carbocycles. The van der Waals surface area contributed by atoms with Gasteiger partial charge in [-0.15, -0.1) is 0 Å². The third kappa shape index (κ3) is 5.72. The molecule has 7 heteroatoms. The summed E-state index contributed by atoms with van der Waals surface area (Å²) in [5, 5.41) is 5.51. The van der Waals surface area contributed by atoms with Crippen molar-refractivity contribution >= 4 is 17.6 Å². The molecule has 0 aliphatic carbocycles. The van der Waals surface area contributed by atoms with Crippen LogP contribution in [0.5, 0.6) is 11.5 Å². The molecule has 7 nitrogen and oxygen atoms in total. The Balaban J connectivity index is 1.61. The van der Waals surface area contributed by atoms with Gasteiger partial charge in [0.2, 0.25) is 5.91 Å². The van der Waals surface area contributed by atoms with E-state index < -0.39 is 0 Å². The number of nitrogens with zero attached hydrogens (tertiary/aromatic N) is 2. The van der Waals surface area contributed by atoms with Crippen molar-refractivity contribution in [2.24, 2.45) is 7.05 Å². The fourth-order valence-electron chi connectivity index (χ4n) is 3.01.